The summed E-state index contributed by atoms with van der Waals surface area (Å²) in [6, 6.07) is 4.03. The minimum Gasteiger partial charge on any atom is -0.355 e. The smallest absolute Gasteiger partial charge is 0.258 e. The molecule has 1 N–H and O–H groups in total. The van der Waals surface area contributed by atoms with Gasteiger partial charge in [0, 0.05) is 43.2 Å². The Hall–Kier alpha value is -2.44. The van der Waals surface area contributed by atoms with Crippen LogP contribution in [0.15, 0.2) is 22.9 Å². The van der Waals surface area contributed by atoms with Crippen molar-refractivity contribution in [2.75, 3.05) is 18.0 Å². The molecule has 1 atom stereocenters. The molecule has 1 aliphatic rings. The summed E-state index contributed by atoms with van der Waals surface area (Å²) in [4.78, 5) is 23.1. The summed E-state index contributed by atoms with van der Waals surface area (Å²) in [6.45, 7) is 7.79. The molecule has 0 aromatic carbocycles. The van der Waals surface area contributed by atoms with Crippen molar-refractivity contribution in [1.29, 1.82) is 0 Å². The van der Waals surface area contributed by atoms with Crippen molar-refractivity contribution in [2.24, 2.45) is 0 Å². The Morgan fingerprint density at radius 3 is 3.04 bits per heavy atom. The van der Waals surface area contributed by atoms with Crippen LogP contribution in [0.2, 0.25) is 0 Å². The second-order valence-corrected chi connectivity index (χ2v) is 7.12. The number of amides is 1. The standard InChI is InChI=1S/C19H27N5O2/c1-4-6-17(25)21-15-7-5-10-24(12-15)16-11-14(8-9-20-16)19-22-18(13(2)3)23-26-19/h8-9,11,13,15H,4-7,10,12H2,1-3H3,(H,21,25). The van der Waals surface area contributed by atoms with Crippen LogP contribution in [0, 0.1) is 0 Å². The highest BCUT2D eigenvalue weighted by Crippen LogP contribution is 2.25. The number of hydrogen-bond acceptors (Lipinski definition) is 6. The third kappa shape index (κ3) is 4.39. The Labute approximate surface area is 154 Å². The molecule has 1 fully saturated rings. The number of carbonyl (C=O) groups is 1. The minimum atomic E-state index is 0.133. The summed E-state index contributed by atoms with van der Waals surface area (Å²) in [6.07, 6.45) is 5.26. The quantitative estimate of drug-likeness (QED) is 0.855. The first-order chi connectivity index (χ1) is 12.6. The average molecular weight is 357 g/mol. The molecule has 3 rings (SSSR count). The zero-order valence-electron chi connectivity index (χ0n) is 15.7. The Kier molecular flexibility index (Phi) is 5.85. The highest BCUT2D eigenvalue weighted by atomic mass is 16.5. The lowest BCUT2D eigenvalue weighted by Gasteiger charge is -2.34. The first-order valence-electron chi connectivity index (χ1n) is 9.41. The topological polar surface area (TPSA) is 84.2 Å². The summed E-state index contributed by atoms with van der Waals surface area (Å²) < 4.78 is 5.39. The van der Waals surface area contributed by atoms with Crippen molar-refractivity contribution in [1.82, 2.24) is 20.4 Å². The molecule has 1 unspecified atom stereocenters. The van der Waals surface area contributed by atoms with Gasteiger partial charge in [-0.2, -0.15) is 4.98 Å². The molecule has 0 aliphatic carbocycles. The van der Waals surface area contributed by atoms with E-state index < -0.39 is 0 Å². The third-order valence-electron chi connectivity index (χ3n) is 4.54. The van der Waals surface area contributed by atoms with Crippen molar-refractivity contribution < 1.29 is 9.32 Å². The number of hydrogen-bond donors (Lipinski definition) is 1. The monoisotopic (exact) mass is 357 g/mol. The first-order valence-corrected chi connectivity index (χ1v) is 9.41. The average Bonchev–Trinajstić information content (AvgIpc) is 3.13. The summed E-state index contributed by atoms with van der Waals surface area (Å²) in [5.74, 6) is 2.45. The summed E-state index contributed by atoms with van der Waals surface area (Å²) >= 11 is 0. The maximum absolute atomic E-state index is 11.9. The summed E-state index contributed by atoms with van der Waals surface area (Å²) in [5.41, 5.74) is 0.867. The van der Waals surface area contributed by atoms with Gasteiger partial charge in [0.2, 0.25) is 5.91 Å². The zero-order valence-corrected chi connectivity index (χ0v) is 15.7. The van der Waals surface area contributed by atoms with Crippen molar-refractivity contribution in [3.8, 4) is 11.5 Å². The molecule has 0 saturated carbocycles. The third-order valence-corrected chi connectivity index (χ3v) is 4.54. The van der Waals surface area contributed by atoms with Crippen LogP contribution < -0.4 is 10.2 Å². The molecule has 140 valence electrons. The fourth-order valence-corrected chi connectivity index (χ4v) is 3.14. The highest BCUT2D eigenvalue weighted by Gasteiger charge is 2.23. The van der Waals surface area contributed by atoms with Gasteiger partial charge >= 0.3 is 0 Å². The van der Waals surface area contributed by atoms with Gasteiger partial charge in [0.1, 0.15) is 5.82 Å². The largest absolute Gasteiger partial charge is 0.355 e. The second kappa shape index (κ2) is 8.29. The van der Waals surface area contributed by atoms with Gasteiger partial charge in [0.05, 0.1) is 0 Å². The number of nitrogens with zero attached hydrogens (tertiary/aromatic N) is 4. The van der Waals surface area contributed by atoms with E-state index in [1.807, 2.05) is 32.9 Å². The maximum Gasteiger partial charge on any atom is 0.258 e. The molecule has 0 bridgehead atoms. The van der Waals surface area contributed by atoms with Crippen molar-refractivity contribution >= 4 is 11.7 Å². The SMILES string of the molecule is CCCC(=O)NC1CCCN(c2cc(-c3nc(C(C)C)no3)ccn2)C1. The van der Waals surface area contributed by atoms with E-state index in [0.717, 1.165) is 43.7 Å². The van der Waals surface area contributed by atoms with E-state index in [1.165, 1.54) is 0 Å². The number of pyridine rings is 1. The second-order valence-electron chi connectivity index (χ2n) is 7.12. The predicted octanol–water partition coefficient (Wildman–Crippen LogP) is 3.14. The molecule has 0 radical (unpaired) electrons. The molecule has 1 saturated heterocycles. The van der Waals surface area contributed by atoms with Crippen LogP contribution in [0.4, 0.5) is 5.82 Å². The molecule has 2 aromatic heterocycles. The van der Waals surface area contributed by atoms with E-state index >= 15 is 0 Å². The van der Waals surface area contributed by atoms with Crippen LogP contribution in [-0.2, 0) is 4.79 Å². The number of rotatable bonds is 6. The summed E-state index contributed by atoms with van der Waals surface area (Å²) in [7, 11) is 0. The molecular weight excluding hydrogens is 330 g/mol. The molecular formula is C19H27N5O2. The van der Waals surface area contributed by atoms with Gasteiger partial charge in [-0.15, -0.1) is 0 Å². The van der Waals surface area contributed by atoms with E-state index in [1.54, 1.807) is 6.20 Å². The van der Waals surface area contributed by atoms with Gasteiger partial charge in [0.15, 0.2) is 5.82 Å². The molecule has 1 aliphatic heterocycles. The fourth-order valence-electron chi connectivity index (χ4n) is 3.14. The number of piperidine rings is 1. The lowest BCUT2D eigenvalue weighted by Crippen LogP contribution is -2.48. The molecule has 0 spiro atoms. The normalized spacial score (nSPS) is 17.5. The van der Waals surface area contributed by atoms with Gasteiger partial charge in [0.25, 0.3) is 5.89 Å². The van der Waals surface area contributed by atoms with Gasteiger partial charge in [-0.3, -0.25) is 4.79 Å². The summed E-state index contributed by atoms with van der Waals surface area (Å²) in [5, 5.41) is 7.16. The number of anilines is 1. The predicted molar refractivity (Wildman–Crippen MR) is 99.9 cm³/mol. The van der Waals surface area contributed by atoms with Crippen LogP contribution in [-0.4, -0.2) is 40.2 Å². The van der Waals surface area contributed by atoms with Crippen molar-refractivity contribution in [3.63, 3.8) is 0 Å². The van der Waals surface area contributed by atoms with Crippen molar-refractivity contribution in [2.45, 2.75) is 58.4 Å². The van der Waals surface area contributed by atoms with Crippen molar-refractivity contribution in [3.05, 3.63) is 24.2 Å². The molecule has 7 heteroatoms. The van der Waals surface area contributed by atoms with E-state index in [4.69, 9.17) is 4.52 Å². The molecule has 7 nitrogen and oxygen atoms in total. The Bertz CT molecular complexity index is 743. The van der Waals surface area contributed by atoms with E-state index in [-0.39, 0.29) is 17.9 Å². The molecule has 2 aromatic rings. The Morgan fingerprint density at radius 1 is 1.46 bits per heavy atom. The Balaban J connectivity index is 1.71. The van der Waals surface area contributed by atoms with E-state index in [2.05, 4.69) is 25.3 Å². The van der Waals surface area contributed by atoms with Crippen LogP contribution in [0.25, 0.3) is 11.5 Å². The van der Waals surface area contributed by atoms with Gasteiger partial charge in [-0.05, 0) is 31.4 Å². The van der Waals surface area contributed by atoms with Gasteiger partial charge in [-0.1, -0.05) is 25.9 Å². The highest BCUT2D eigenvalue weighted by molar-refractivity contribution is 5.76. The molecule has 26 heavy (non-hydrogen) atoms. The maximum atomic E-state index is 11.9. The van der Waals surface area contributed by atoms with Crippen LogP contribution in [0.1, 0.15) is 58.2 Å². The van der Waals surface area contributed by atoms with E-state index in [9.17, 15) is 4.79 Å². The van der Waals surface area contributed by atoms with Gasteiger partial charge < -0.3 is 14.7 Å². The molecule has 1 amide bonds. The van der Waals surface area contributed by atoms with Crippen LogP contribution in [0.5, 0.6) is 0 Å². The van der Waals surface area contributed by atoms with Crippen LogP contribution in [0.3, 0.4) is 0 Å². The number of aromatic nitrogens is 3. The van der Waals surface area contributed by atoms with Gasteiger partial charge in [-0.25, -0.2) is 4.98 Å². The van der Waals surface area contributed by atoms with Crippen LogP contribution >= 0.6 is 0 Å². The lowest BCUT2D eigenvalue weighted by molar-refractivity contribution is -0.121. The number of nitrogens with one attached hydrogen (secondary N) is 1. The zero-order chi connectivity index (χ0) is 18.5. The first kappa shape index (κ1) is 18.4. The fraction of sp³-hybridized carbons (Fsp3) is 0.579. The number of carbonyl (C=O) groups excluding carboxylic acids is 1. The minimum absolute atomic E-state index is 0.133. The Morgan fingerprint density at radius 2 is 2.31 bits per heavy atom. The lowest BCUT2D eigenvalue weighted by atomic mass is 10.1. The molecule has 3 heterocycles. The van der Waals surface area contributed by atoms with E-state index in [0.29, 0.717) is 18.1 Å².